The summed E-state index contributed by atoms with van der Waals surface area (Å²) in [6.07, 6.45) is 9.23. The van der Waals surface area contributed by atoms with Crippen LogP contribution in [0.3, 0.4) is 0 Å². The van der Waals surface area contributed by atoms with E-state index in [-0.39, 0.29) is 6.09 Å². The van der Waals surface area contributed by atoms with Crippen LogP contribution in [0, 0.1) is 0 Å². The lowest BCUT2D eigenvalue weighted by Gasteiger charge is -2.19. The Morgan fingerprint density at radius 1 is 1.39 bits per heavy atom. The third-order valence-electron chi connectivity index (χ3n) is 2.02. The zero-order valence-corrected chi connectivity index (χ0v) is 12.0. The van der Waals surface area contributed by atoms with Crippen molar-refractivity contribution >= 4 is 6.09 Å². The van der Waals surface area contributed by atoms with Crippen LogP contribution in [0.4, 0.5) is 4.79 Å². The van der Waals surface area contributed by atoms with Crippen molar-refractivity contribution in [2.24, 2.45) is 0 Å². The highest BCUT2D eigenvalue weighted by molar-refractivity contribution is 5.67. The average molecular weight is 251 g/mol. The third kappa shape index (κ3) is 9.70. The summed E-state index contributed by atoms with van der Waals surface area (Å²) >= 11 is 0. The zero-order chi connectivity index (χ0) is 14.0. The lowest BCUT2D eigenvalue weighted by Crippen LogP contribution is -2.33. The molecule has 0 aliphatic heterocycles. The van der Waals surface area contributed by atoms with Gasteiger partial charge in [-0.05, 0) is 46.1 Å². The molecule has 0 fully saturated rings. The predicted octanol–water partition coefficient (Wildman–Crippen LogP) is 3.98. The van der Waals surface area contributed by atoms with E-state index in [2.05, 4.69) is 18.0 Å². The Labute approximate surface area is 111 Å². The quantitative estimate of drug-likeness (QED) is 0.573. The normalized spacial score (nSPS) is 12.6. The standard InChI is InChI=1S/C15H25NO2/c1-6-9-13(10-7-2)11-8-12-16-14(17)18-15(3,4)5/h6-7,9-10H,1,8,11-12H2,2-5H3,(H,16,17)/b10-7-,13-9+. The monoisotopic (exact) mass is 251 g/mol. The predicted molar refractivity (Wildman–Crippen MR) is 76.6 cm³/mol. The number of carbonyl (C=O) groups excluding carboxylic acids is 1. The molecule has 1 amide bonds. The number of hydrogen-bond donors (Lipinski definition) is 1. The fourth-order valence-electron chi connectivity index (χ4n) is 1.38. The zero-order valence-electron chi connectivity index (χ0n) is 12.0. The molecule has 0 aromatic carbocycles. The molecular formula is C15H25NO2. The maximum absolute atomic E-state index is 11.4. The molecule has 0 bridgehead atoms. The van der Waals surface area contributed by atoms with Crippen molar-refractivity contribution in [2.75, 3.05) is 6.54 Å². The van der Waals surface area contributed by atoms with Crippen LogP contribution in [0.15, 0.2) is 36.5 Å². The first-order valence-electron chi connectivity index (χ1n) is 6.30. The summed E-state index contributed by atoms with van der Waals surface area (Å²) in [4.78, 5) is 11.4. The largest absolute Gasteiger partial charge is 0.444 e. The number of ether oxygens (including phenoxy) is 1. The summed E-state index contributed by atoms with van der Waals surface area (Å²) in [7, 11) is 0. The molecule has 0 aromatic heterocycles. The number of nitrogens with one attached hydrogen (secondary N) is 1. The molecule has 0 aliphatic rings. The van der Waals surface area contributed by atoms with Crippen LogP contribution in [0.1, 0.15) is 40.5 Å². The van der Waals surface area contributed by atoms with Gasteiger partial charge >= 0.3 is 6.09 Å². The summed E-state index contributed by atoms with van der Waals surface area (Å²) in [5.41, 5.74) is 0.765. The van der Waals surface area contributed by atoms with Crippen LogP contribution in [0.5, 0.6) is 0 Å². The Morgan fingerprint density at radius 2 is 2.06 bits per heavy atom. The Morgan fingerprint density at radius 3 is 2.56 bits per heavy atom. The van der Waals surface area contributed by atoms with Gasteiger partial charge in [-0.1, -0.05) is 30.9 Å². The second-order valence-corrected chi connectivity index (χ2v) is 5.01. The summed E-state index contributed by atoms with van der Waals surface area (Å²) in [5.74, 6) is 0. The van der Waals surface area contributed by atoms with Crippen molar-refractivity contribution in [3.8, 4) is 0 Å². The first kappa shape index (κ1) is 16.5. The molecule has 1 N–H and O–H groups in total. The highest BCUT2D eigenvalue weighted by atomic mass is 16.6. The Bertz CT molecular complexity index is 322. The van der Waals surface area contributed by atoms with Gasteiger partial charge in [0.05, 0.1) is 0 Å². The molecule has 0 heterocycles. The van der Waals surface area contributed by atoms with Crippen LogP contribution in [0.25, 0.3) is 0 Å². The molecule has 0 radical (unpaired) electrons. The van der Waals surface area contributed by atoms with E-state index in [0.717, 1.165) is 12.8 Å². The number of carbonyl (C=O) groups is 1. The molecule has 0 spiro atoms. The van der Waals surface area contributed by atoms with Crippen molar-refractivity contribution in [3.05, 3.63) is 36.5 Å². The SMILES string of the molecule is C=C/C=C(\C=C/C)CCCNC(=O)OC(C)(C)C. The molecule has 3 nitrogen and oxygen atoms in total. The van der Waals surface area contributed by atoms with Crippen LogP contribution >= 0.6 is 0 Å². The molecule has 0 rings (SSSR count). The van der Waals surface area contributed by atoms with E-state index in [1.54, 1.807) is 6.08 Å². The van der Waals surface area contributed by atoms with Gasteiger partial charge in [-0.3, -0.25) is 0 Å². The fourth-order valence-corrected chi connectivity index (χ4v) is 1.38. The van der Waals surface area contributed by atoms with Crippen LogP contribution in [0.2, 0.25) is 0 Å². The second-order valence-electron chi connectivity index (χ2n) is 5.01. The van der Waals surface area contributed by atoms with E-state index < -0.39 is 5.60 Å². The molecule has 0 saturated carbocycles. The van der Waals surface area contributed by atoms with E-state index in [0.29, 0.717) is 6.54 Å². The first-order chi connectivity index (χ1) is 8.39. The van der Waals surface area contributed by atoms with E-state index in [1.165, 1.54) is 5.57 Å². The molecule has 102 valence electrons. The van der Waals surface area contributed by atoms with E-state index in [1.807, 2.05) is 39.8 Å². The summed E-state index contributed by atoms with van der Waals surface area (Å²) in [6.45, 7) is 11.8. The molecule has 3 heteroatoms. The van der Waals surface area contributed by atoms with Gasteiger partial charge in [0.2, 0.25) is 0 Å². The van der Waals surface area contributed by atoms with Crippen molar-refractivity contribution in [1.82, 2.24) is 5.32 Å². The Kier molecular flexibility index (Phi) is 7.84. The molecule has 0 unspecified atom stereocenters. The number of hydrogen-bond acceptors (Lipinski definition) is 2. The van der Waals surface area contributed by atoms with Gasteiger partial charge < -0.3 is 10.1 Å². The van der Waals surface area contributed by atoms with Gasteiger partial charge in [-0.25, -0.2) is 4.79 Å². The van der Waals surface area contributed by atoms with Gasteiger partial charge in [0.1, 0.15) is 5.60 Å². The van der Waals surface area contributed by atoms with E-state index >= 15 is 0 Å². The molecule has 18 heavy (non-hydrogen) atoms. The number of rotatable bonds is 6. The van der Waals surface area contributed by atoms with Gasteiger partial charge in [0.15, 0.2) is 0 Å². The average Bonchev–Trinajstić information content (AvgIpc) is 2.22. The van der Waals surface area contributed by atoms with Crippen LogP contribution in [-0.4, -0.2) is 18.2 Å². The van der Waals surface area contributed by atoms with Gasteiger partial charge in [0, 0.05) is 6.54 Å². The van der Waals surface area contributed by atoms with Gasteiger partial charge in [-0.15, -0.1) is 0 Å². The summed E-state index contributed by atoms with van der Waals surface area (Å²) < 4.78 is 5.14. The summed E-state index contributed by atoms with van der Waals surface area (Å²) in [6, 6.07) is 0. The van der Waals surface area contributed by atoms with Gasteiger partial charge in [-0.2, -0.15) is 0 Å². The number of amides is 1. The molecule has 0 aromatic rings. The molecule has 0 aliphatic carbocycles. The van der Waals surface area contributed by atoms with Crippen LogP contribution in [-0.2, 0) is 4.74 Å². The van der Waals surface area contributed by atoms with Crippen molar-refractivity contribution in [1.29, 1.82) is 0 Å². The van der Waals surface area contributed by atoms with Crippen molar-refractivity contribution in [3.63, 3.8) is 0 Å². The minimum atomic E-state index is -0.442. The second kappa shape index (κ2) is 8.56. The topological polar surface area (TPSA) is 38.3 Å². The molecular weight excluding hydrogens is 226 g/mol. The number of allylic oxidation sites excluding steroid dienone is 5. The summed E-state index contributed by atoms with van der Waals surface area (Å²) in [5, 5.41) is 2.74. The van der Waals surface area contributed by atoms with Crippen LogP contribution < -0.4 is 5.32 Å². The van der Waals surface area contributed by atoms with E-state index in [9.17, 15) is 4.79 Å². The van der Waals surface area contributed by atoms with Gasteiger partial charge in [0.25, 0.3) is 0 Å². The highest BCUT2D eigenvalue weighted by Gasteiger charge is 2.15. The Balaban J connectivity index is 3.88. The van der Waals surface area contributed by atoms with E-state index in [4.69, 9.17) is 4.74 Å². The third-order valence-corrected chi connectivity index (χ3v) is 2.02. The van der Waals surface area contributed by atoms with Crippen molar-refractivity contribution in [2.45, 2.75) is 46.1 Å². The first-order valence-corrected chi connectivity index (χ1v) is 6.30. The Hall–Kier alpha value is -1.51. The lowest BCUT2D eigenvalue weighted by atomic mass is 10.1. The molecule has 0 saturated heterocycles. The lowest BCUT2D eigenvalue weighted by molar-refractivity contribution is 0.0527. The molecule has 0 atom stereocenters. The van der Waals surface area contributed by atoms with Crippen molar-refractivity contribution < 1.29 is 9.53 Å². The minimum Gasteiger partial charge on any atom is -0.444 e. The smallest absolute Gasteiger partial charge is 0.407 e. The maximum Gasteiger partial charge on any atom is 0.407 e. The fraction of sp³-hybridized carbons (Fsp3) is 0.533. The minimum absolute atomic E-state index is 0.359. The number of alkyl carbamates (subject to hydrolysis) is 1. The maximum atomic E-state index is 11.4. The highest BCUT2D eigenvalue weighted by Crippen LogP contribution is 2.08.